The molecule has 0 aliphatic carbocycles. The number of benzene rings is 1. The Morgan fingerprint density at radius 3 is 2.94 bits per heavy atom. The third-order valence-corrected chi connectivity index (χ3v) is 3.54. The molecule has 1 aromatic carbocycles. The molecule has 1 rings (SSSR count). The van der Waals surface area contributed by atoms with Gasteiger partial charge < -0.3 is 5.32 Å². The number of amides is 1. The molecule has 0 bridgehead atoms. The summed E-state index contributed by atoms with van der Waals surface area (Å²) in [4.78, 5) is 11.0. The van der Waals surface area contributed by atoms with Crippen LogP contribution < -0.4 is 5.32 Å². The third-order valence-electron chi connectivity index (χ3n) is 2.20. The second-order valence-corrected chi connectivity index (χ2v) is 4.97. The Morgan fingerprint density at radius 1 is 1.53 bits per heavy atom. The maximum atomic E-state index is 13.4. The predicted molar refractivity (Wildman–Crippen MR) is 70.9 cm³/mol. The molecule has 5 heteroatoms. The summed E-state index contributed by atoms with van der Waals surface area (Å²) in [7, 11) is 0. The van der Waals surface area contributed by atoms with Crippen molar-refractivity contribution in [2.75, 3.05) is 12.3 Å². The molecule has 17 heavy (non-hydrogen) atoms. The van der Waals surface area contributed by atoms with Crippen LogP contribution in [-0.2, 0) is 10.5 Å². The van der Waals surface area contributed by atoms with Crippen molar-refractivity contribution < 1.29 is 9.18 Å². The van der Waals surface area contributed by atoms with Gasteiger partial charge in [0, 0.05) is 35.1 Å². The van der Waals surface area contributed by atoms with Crippen LogP contribution in [-0.4, -0.2) is 18.2 Å². The molecule has 0 aliphatic rings. The van der Waals surface area contributed by atoms with Gasteiger partial charge in [-0.25, -0.2) is 4.39 Å². The molecule has 1 amide bonds. The summed E-state index contributed by atoms with van der Waals surface area (Å²) in [5.41, 5.74) is 0.529. The van der Waals surface area contributed by atoms with Gasteiger partial charge >= 0.3 is 0 Å². The summed E-state index contributed by atoms with van der Waals surface area (Å²) in [6.45, 7) is 2.41. The monoisotopic (exact) mass is 275 g/mol. The molecule has 0 unspecified atom stereocenters. The minimum Gasteiger partial charge on any atom is -0.355 e. The van der Waals surface area contributed by atoms with Gasteiger partial charge in [-0.2, -0.15) is 11.8 Å². The van der Waals surface area contributed by atoms with E-state index in [2.05, 4.69) is 5.32 Å². The molecule has 0 atom stereocenters. The quantitative estimate of drug-likeness (QED) is 0.808. The van der Waals surface area contributed by atoms with Crippen LogP contribution in [0.4, 0.5) is 4.39 Å². The number of halogens is 2. The lowest BCUT2D eigenvalue weighted by Crippen LogP contribution is -2.24. The van der Waals surface area contributed by atoms with Gasteiger partial charge in [0.2, 0.25) is 5.91 Å². The Hall–Kier alpha value is -0.740. The molecule has 0 saturated carbocycles. The maximum Gasteiger partial charge on any atom is 0.219 e. The second kappa shape index (κ2) is 7.56. The summed E-state index contributed by atoms with van der Waals surface area (Å²) in [5, 5.41) is 3.22. The van der Waals surface area contributed by atoms with Gasteiger partial charge in [-0.1, -0.05) is 24.6 Å². The lowest BCUT2D eigenvalue weighted by atomic mass is 10.2. The fraction of sp³-hybridized carbons (Fsp3) is 0.417. The van der Waals surface area contributed by atoms with Gasteiger partial charge in [0.1, 0.15) is 5.82 Å². The van der Waals surface area contributed by atoms with E-state index in [1.165, 1.54) is 6.07 Å². The smallest absolute Gasteiger partial charge is 0.219 e. The zero-order valence-electron chi connectivity index (χ0n) is 9.63. The van der Waals surface area contributed by atoms with E-state index in [4.69, 9.17) is 11.6 Å². The molecular weight excluding hydrogens is 261 g/mol. The summed E-state index contributed by atoms with van der Waals surface area (Å²) in [6.07, 6.45) is 0.490. The first-order chi connectivity index (χ1) is 8.15. The molecule has 1 aromatic rings. The van der Waals surface area contributed by atoms with Crippen molar-refractivity contribution in [2.45, 2.75) is 19.1 Å². The molecule has 1 N–H and O–H groups in total. The Morgan fingerprint density at radius 2 is 2.29 bits per heavy atom. The molecule has 0 spiro atoms. The van der Waals surface area contributed by atoms with Gasteiger partial charge in [-0.3, -0.25) is 4.79 Å². The third kappa shape index (κ3) is 4.96. The number of rotatable bonds is 6. The molecule has 0 fully saturated rings. The van der Waals surface area contributed by atoms with Crippen molar-refractivity contribution >= 4 is 29.3 Å². The number of carbonyl (C=O) groups is 1. The molecule has 0 aromatic heterocycles. The van der Waals surface area contributed by atoms with E-state index < -0.39 is 0 Å². The summed E-state index contributed by atoms with van der Waals surface area (Å²) in [6, 6.07) is 4.67. The van der Waals surface area contributed by atoms with Gasteiger partial charge in [0.15, 0.2) is 0 Å². The highest BCUT2D eigenvalue weighted by atomic mass is 35.5. The molecule has 0 saturated heterocycles. The van der Waals surface area contributed by atoms with E-state index in [0.717, 1.165) is 5.75 Å². The molecular formula is C12H15ClFNOS. The molecule has 94 valence electrons. The van der Waals surface area contributed by atoms with Crippen molar-refractivity contribution in [3.63, 3.8) is 0 Å². The average Bonchev–Trinajstić information content (AvgIpc) is 2.31. The highest BCUT2D eigenvalue weighted by Gasteiger charge is 2.06. The topological polar surface area (TPSA) is 29.1 Å². The number of thioether (sulfide) groups is 1. The van der Waals surface area contributed by atoms with E-state index >= 15 is 0 Å². The van der Waals surface area contributed by atoms with Crippen LogP contribution in [0, 0.1) is 5.82 Å². The van der Waals surface area contributed by atoms with E-state index in [-0.39, 0.29) is 11.7 Å². The van der Waals surface area contributed by atoms with Gasteiger partial charge in [-0.15, -0.1) is 0 Å². The van der Waals surface area contributed by atoms with E-state index in [0.29, 0.717) is 29.3 Å². The lowest BCUT2D eigenvalue weighted by molar-refractivity contribution is -0.120. The largest absolute Gasteiger partial charge is 0.355 e. The normalized spacial score (nSPS) is 10.3. The Bertz CT molecular complexity index is 367. The number of carbonyl (C=O) groups excluding carboxylic acids is 1. The van der Waals surface area contributed by atoms with Crippen LogP contribution >= 0.6 is 23.4 Å². The minimum atomic E-state index is -0.275. The predicted octanol–water partition coefficient (Wildman–Crippen LogP) is 3.24. The van der Waals surface area contributed by atoms with Crippen LogP contribution in [0.25, 0.3) is 0 Å². The average molecular weight is 276 g/mol. The Balaban J connectivity index is 2.29. The summed E-state index contributed by atoms with van der Waals surface area (Å²) in [5.74, 6) is 1.03. The zero-order valence-corrected chi connectivity index (χ0v) is 11.2. The van der Waals surface area contributed by atoms with E-state index in [1.807, 2.05) is 6.92 Å². The molecule has 0 radical (unpaired) electrons. The van der Waals surface area contributed by atoms with Crippen LogP contribution in [0.1, 0.15) is 18.9 Å². The maximum absolute atomic E-state index is 13.4. The van der Waals surface area contributed by atoms with E-state index in [1.54, 1.807) is 23.9 Å². The molecule has 0 aliphatic heterocycles. The fourth-order valence-electron chi connectivity index (χ4n) is 1.23. The first kappa shape index (κ1) is 14.3. The zero-order chi connectivity index (χ0) is 12.7. The van der Waals surface area contributed by atoms with Crippen LogP contribution in [0.15, 0.2) is 18.2 Å². The number of nitrogens with one attached hydrogen (secondary N) is 1. The molecule has 0 heterocycles. The second-order valence-electron chi connectivity index (χ2n) is 3.46. The fourth-order valence-corrected chi connectivity index (χ4v) is 2.43. The number of hydrogen-bond acceptors (Lipinski definition) is 2. The molecule has 2 nitrogen and oxygen atoms in total. The first-order valence-electron chi connectivity index (χ1n) is 5.42. The highest BCUT2D eigenvalue weighted by Crippen LogP contribution is 2.23. The highest BCUT2D eigenvalue weighted by molar-refractivity contribution is 7.98. The standard InChI is InChI=1S/C12H15ClFNOS/c1-2-12(16)15-6-7-17-8-9-10(13)4-3-5-11(9)14/h3-5H,2,6-8H2,1H3,(H,15,16). The van der Waals surface area contributed by atoms with Crippen LogP contribution in [0.2, 0.25) is 5.02 Å². The van der Waals surface area contributed by atoms with Crippen LogP contribution in [0.3, 0.4) is 0 Å². The summed E-state index contributed by atoms with van der Waals surface area (Å²) < 4.78 is 13.4. The first-order valence-corrected chi connectivity index (χ1v) is 6.95. The van der Waals surface area contributed by atoms with Crippen molar-refractivity contribution in [3.05, 3.63) is 34.6 Å². The van der Waals surface area contributed by atoms with Crippen molar-refractivity contribution in [3.8, 4) is 0 Å². The SMILES string of the molecule is CCC(=O)NCCSCc1c(F)cccc1Cl. The van der Waals surface area contributed by atoms with Crippen molar-refractivity contribution in [1.82, 2.24) is 5.32 Å². The van der Waals surface area contributed by atoms with Crippen molar-refractivity contribution in [1.29, 1.82) is 0 Å². The Labute approximate surface area is 110 Å². The van der Waals surface area contributed by atoms with Gasteiger partial charge in [0.25, 0.3) is 0 Å². The lowest BCUT2D eigenvalue weighted by Gasteiger charge is -2.06. The summed E-state index contributed by atoms with van der Waals surface area (Å²) >= 11 is 7.44. The van der Waals surface area contributed by atoms with Gasteiger partial charge in [-0.05, 0) is 12.1 Å². The van der Waals surface area contributed by atoms with Crippen LogP contribution in [0.5, 0.6) is 0 Å². The van der Waals surface area contributed by atoms with Gasteiger partial charge in [0.05, 0.1) is 0 Å². The minimum absolute atomic E-state index is 0.0366. The van der Waals surface area contributed by atoms with E-state index in [9.17, 15) is 9.18 Å². The Kier molecular flexibility index (Phi) is 6.37. The van der Waals surface area contributed by atoms with Crippen molar-refractivity contribution in [2.24, 2.45) is 0 Å². The number of hydrogen-bond donors (Lipinski definition) is 1.